The maximum Gasteiger partial charge on any atom is 0.349 e. The summed E-state index contributed by atoms with van der Waals surface area (Å²) in [6.45, 7) is -1.40. The molecule has 4 aromatic carbocycles. The Morgan fingerprint density at radius 3 is 1.09 bits per heavy atom. The molecule has 0 radical (unpaired) electrons. The second-order valence-electron chi connectivity index (χ2n) is 12.1. The zero-order valence-electron chi connectivity index (χ0n) is 27.8. The van der Waals surface area contributed by atoms with E-state index >= 15 is 0 Å². The average Bonchev–Trinajstić information content (AvgIpc) is 3.17. The predicted octanol–water partition coefficient (Wildman–Crippen LogP) is 0.394. The lowest BCUT2D eigenvalue weighted by molar-refractivity contribution is -0.166. The molecule has 0 bridgehead atoms. The van der Waals surface area contributed by atoms with Crippen molar-refractivity contribution in [3.05, 3.63) is 46.5 Å². The molecule has 6 rings (SSSR count). The van der Waals surface area contributed by atoms with Gasteiger partial charge in [-0.15, -0.1) is 0 Å². The fraction of sp³-hybridized carbons (Fsp3) is 0.147. The van der Waals surface area contributed by atoms with Gasteiger partial charge >= 0.3 is 29.8 Å². The van der Waals surface area contributed by atoms with E-state index in [1.807, 2.05) is 0 Å². The Kier molecular flexibility index (Phi) is 9.17. The van der Waals surface area contributed by atoms with Crippen LogP contribution in [0, 0.1) is 0 Å². The van der Waals surface area contributed by atoms with Crippen LogP contribution in [-0.2, 0) is 23.7 Å². The number of carboxylic acids is 1. The minimum Gasteiger partial charge on any atom is -0.504 e. The molecule has 0 aliphatic carbocycles. The van der Waals surface area contributed by atoms with Crippen molar-refractivity contribution in [1.82, 2.24) is 0 Å². The van der Waals surface area contributed by atoms with Crippen LogP contribution >= 0.6 is 0 Å². The van der Waals surface area contributed by atoms with Crippen molar-refractivity contribution < 1.29 is 114 Å². The highest BCUT2D eigenvalue weighted by molar-refractivity contribution is 6.10. The molecule has 14 N–H and O–H groups in total. The minimum absolute atomic E-state index is 0.347. The largest absolute Gasteiger partial charge is 0.504 e. The van der Waals surface area contributed by atoms with Crippen LogP contribution in [0.5, 0.6) is 69.0 Å². The third-order valence-corrected chi connectivity index (χ3v) is 8.75. The smallest absolute Gasteiger partial charge is 0.349 e. The first-order chi connectivity index (χ1) is 26.7. The molecule has 23 heteroatoms. The summed E-state index contributed by atoms with van der Waals surface area (Å²) in [4.78, 5) is 67.7. The molecule has 57 heavy (non-hydrogen) atoms. The van der Waals surface area contributed by atoms with Gasteiger partial charge in [-0.05, 0) is 24.3 Å². The molecule has 0 saturated carbocycles. The molecule has 0 amide bonds. The number of aliphatic hydroxyl groups excluding tert-OH is 1. The lowest BCUT2D eigenvalue weighted by Crippen LogP contribution is -2.54. The molecule has 0 saturated heterocycles. The standard InChI is InChI=1S/C34H24O23/c35-10-1-6-15(23(44)19(10)40)16-7(2-11(36)20(41)24(16)45)32(51)55-27(14(39)5-54-31(6)50)28-29(30(48)49)57-34(53)9-4-13(38)22(43)26(47)18(9)17-8(33(52)56-28)3-12(37)21(42)25(17)46/h1-4,14,27-29,35-47H,5H2,(H,48,49)/t14-,27+,28+,29+/m0/s1. The van der Waals surface area contributed by atoms with Crippen molar-refractivity contribution in [1.29, 1.82) is 0 Å². The van der Waals surface area contributed by atoms with E-state index in [1.54, 1.807) is 0 Å². The molecule has 0 spiro atoms. The molecule has 2 aliphatic heterocycles. The SMILES string of the molecule is O=C1OC[C@H](O)[C@H]([C@H]2OC(=O)c3cc(O)c(O)c(O)c3-c3c(cc(O)c(O)c3O)C(=O)O[C@H]2C(=O)O)OC(=O)c2cc(O)c(O)c(O)c2-c2c1cc(O)c(O)c2O. The quantitative estimate of drug-likeness (QED) is 0.0740. The maximum absolute atomic E-state index is 14.0. The van der Waals surface area contributed by atoms with Crippen LogP contribution in [0.1, 0.15) is 41.4 Å². The van der Waals surface area contributed by atoms with Gasteiger partial charge < -0.3 is 90.4 Å². The van der Waals surface area contributed by atoms with E-state index in [2.05, 4.69) is 0 Å². The van der Waals surface area contributed by atoms with Crippen LogP contribution in [-0.4, -0.2) is 132 Å². The van der Waals surface area contributed by atoms with E-state index in [-0.39, 0.29) is 0 Å². The summed E-state index contributed by atoms with van der Waals surface area (Å²) in [7, 11) is 0. The predicted molar refractivity (Wildman–Crippen MR) is 175 cm³/mol. The van der Waals surface area contributed by atoms with E-state index in [9.17, 15) is 95.5 Å². The monoisotopic (exact) mass is 800 g/mol. The second-order valence-corrected chi connectivity index (χ2v) is 12.1. The molecule has 23 nitrogen and oxygen atoms in total. The first-order valence-corrected chi connectivity index (χ1v) is 15.5. The Morgan fingerprint density at radius 1 is 0.456 bits per heavy atom. The van der Waals surface area contributed by atoms with Gasteiger partial charge in [0.2, 0.25) is 29.1 Å². The van der Waals surface area contributed by atoms with Crippen molar-refractivity contribution in [2.24, 2.45) is 0 Å². The summed E-state index contributed by atoms with van der Waals surface area (Å²) in [5.41, 5.74) is -8.86. The van der Waals surface area contributed by atoms with Gasteiger partial charge in [0, 0.05) is 22.3 Å². The molecular weight excluding hydrogens is 776 g/mol. The highest BCUT2D eigenvalue weighted by Gasteiger charge is 2.49. The van der Waals surface area contributed by atoms with Crippen LogP contribution in [0.15, 0.2) is 24.3 Å². The molecule has 0 aromatic heterocycles. The van der Waals surface area contributed by atoms with Crippen molar-refractivity contribution in [2.45, 2.75) is 24.4 Å². The number of aliphatic hydroxyl groups is 1. The third-order valence-electron chi connectivity index (χ3n) is 8.75. The van der Waals surface area contributed by atoms with Crippen LogP contribution in [0.3, 0.4) is 0 Å². The zero-order valence-corrected chi connectivity index (χ0v) is 27.8. The van der Waals surface area contributed by atoms with Crippen molar-refractivity contribution >= 4 is 29.8 Å². The number of cyclic esters (lactones) is 4. The number of benzene rings is 4. The van der Waals surface area contributed by atoms with Gasteiger partial charge in [-0.25, -0.2) is 24.0 Å². The summed E-state index contributed by atoms with van der Waals surface area (Å²) < 4.78 is 20.6. The number of phenolic OH excluding ortho intramolecular Hbond substituents is 12. The third kappa shape index (κ3) is 6.04. The van der Waals surface area contributed by atoms with Gasteiger partial charge in [0.05, 0.1) is 22.3 Å². The fourth-order valence-electron chi connectivity index (χ4n) is 6.04. The lowest BCUT2D eigenvalue weighted by atomic mass is 9.91. The number of carbonyl (C=O) groups is 5. The normalized spacial score (nSPS) is 19.5. The Bertz CT molecular complexity index is 2470. The van der Waals surface area contributed by atoms with Crippen molar-refractivity contribution in [3.63, 3.8) is 0 Å². The molecule has 2 aliphatic rings. The number of ether oxygens (including phenoxy) is 4. The van der Waals surface area contributed by atoms with Gasteiger partial charge in [0.25, 0.3) is 0 Å². The molecule has 4 aromatic rings. The summed E-state index contributed by atoms with van der Waals surface area (Å²) in [6.07, 6.45) is -11.1. The number of carbonyl (C=O) groups excluding carboxylic acids is 4. The Labute approximate surface area is 313 Å². The zero-order chi connectivity index (χ0) is 42.1. The number of aromatic hydroxyl groups is 12. The number of carboxylic acid groups (broad SMARTS) is 1. The number of hydrogen-bond acceptors (Lipinski definition) is 22. The molecule has 4 atom stereocenters. The molecular formula is C34H24O23. The van der Waals surface area contributed by atoms with E-state index in [1.165, 1.54) is 0 Å². The minimum atomic E-state index is -2.95. The Morgan fingerprint density at radius 2 is 0.754 bits per heavy atom. The van der Waals surface area contributed by atoms with Gasteiger partial charge in [-0.2, -0.15) is 0 Å². The van der Waals surface area contributed by atoms with Crippen LogP contribution in [0.4, 0.5) is 0 Å². The number of hydrogen-bond donors (Lipinski definition) is 14. The van der Waals surface area contributed by atoms with E-state index < -0.39 is 174 Å². The highest BCUT2D eigenvalue weighted by atomic mass is 16.6. The molecule has 298 valence electrons. The summed E-state index contributed by atoms with van der Waals surface area (Å²) >= 11 is 0. The summed E-state index contributed by atoms with van der Waals surface area (Å²) in [5.74, 6) is -26.1. The topological polar surface area (TPSA) is 405 Å². The molecule has 2 heterocycles. The highest BCUT2D eigenvalue weighted by Crippen LogP contribution is 2.55. The second kappa shape index (κ2) is 13.6. The van der Waals surface area contributed by atoms with Crippen LogP contribution < -0.4 is 0 Å². The van der Waals surface area contributed by atoms with Gasteiger partial charge in [0.15, 0.2) is 58.2 Å². The summed E-state index contributed by atoms with van der Waals surface area (Å²) in [5, 5.41) is 147. The van der Waals surface area contributed by atoms with E-state index in [0.29, 0.717) is 24.3 Å². The number of esters is 4. The van der Waals surface area contributed by atoms with E-state index in [4.69, 9.17) is 18.9 Å². The first-order valence-electron chi connectivity index (χ1n) is 15.5. The lowest BCUT2D eigenvalue weighted by Gasteiger charge is -2.34. The number of rotatable bonds is 2. The maximum atomic E-state index is 14.0. The molecule has 0 unspecified atom stereocenters. The van der Waals surface area contributed by atoms with Crippen molar-refractivity contribution in [3.8, 4) is 91.2 Å². The van der Waals surface area contributed by atoms with Crippen molar-refractivity contribution in [2.75, 3.05) is 6.61 Å². The van der Waals surface area contributed by atoms with Gasteiger partial charge in [-0.1, -0.05) is 0 Å². The van der Waals surface area contributed by atoms with Crippen LogP contribution in [0.25, 0.3) is 22.3 Å². The van der Waals surface area contributed by atoms with Gasteiger partial charge in [0.1, 0.15) is 12.7 Å². The number of aliphatic carboxylic acids is 1. The average molecular weight is 801 g/mol. The van der Waals surface area contributed by atoms with Crippen LogP contribution in [0.2, 0.25) is 0 Å². The Hall–Kier alpha value is -8.21. The summed E-state index contributed by atoms with van der Waals surface area (Å²) in [6, 6.07) is 1.50. The number of phenols is 12. The molecule has 0 fully saturated rings. The number of fused-ring (bicyclic) bond motifs is 6. The van der Waals surface area contributed by atoms with E-state index in [0.717, 1.165) is 0 Å². The van der Waals surface area contributed by atoms with Gasteiger partial charge in [-0.3, -0.25) is 0 Å². The fourth-order valence-corrected chi connectivity index (χ4v) is 6.04. The Balaban J connectivity index is 1.60. The first kappa shape index (κ1) is 38.5.